The van der Waals surface area contributed by atoms with Crippen LogP contribution in [0.5, 0.6) is 0 Å². The van der Waals surface area contributed by atoms with Gasteiger partial charge in [0.2, 0.25) is 5.91 Å². The first kappa shape index (κ1) is 13.3. The Bertz CT molecular complexity index is 539. The Morgan fingerprint density at radius 1 is 1.30 bits per heavy atom. The van der Waals surface area contributed by atoms with Crippen molar-refractivity contribution in [1.29, 1.82) is 0 Å². The first-order chi connectivity index (χ1) is 9.72. The zero-order chi connectivity index (χ0) is 13.9. The number of nitrogens with zero attached hydrogens (tertiary/aromatic N) is 1. The van der Waals surface area contributed by atoms with Crippen LogP contribution in [0.4, 0.5) is 5.69 Å². The Morgan fingerprint density at radius 3 is 2.85 bits per heavy atom. The summed E-state index contributed by atoms with van der Waals surface area (Å²) in [5.41, 5.74) is 3.67. The lowest BCUT2D eigenvalue weighted by molar-refractivity contribution is -0.116. The molecule has 1 aromatic carbocycles. The van der Waals surface area contributed by atoms with Crippen LogP contribution in [0, 0.1) is 0 Å². The zero-order valence-electron chi connectivity index (χ0n) is 11.9. The second-order valence-corrected chi connectivity index (χ2v) is 5.59. The van der Waals surface area contributed by atoms with Crippen LogP contribution in [0.25, 0.3) is 0 Å². The highest BCUT2D eigenvalue weighted by Gasteiger charge is 2.18. The van der Waals surface area contributed by atoms with Crippen LogP contribution in [-0.4, -0.2) is 43.5 Å². The lowest BCUT2D eigenvalue weighted by atomic mass is 10.0. The van der Waals surface area contributed by atoms with Crippen molar-refractivity contribution < 1.29 is 4.79 Å². The highest BCUT2D eigenvalue weighted by molar-refractivity contribution is 5.96. The predicted octanol–water partition coefficient (Wildman–Crippen LogP) is 1.18. The molecule has 2 heterocycles. The Balaban J connectivity index is 1.72. The van der Waals surface area contributed by atoms with Gasteiger partial charge in [0, 0.05) is 25.3 Å². The van der Waals surface area contributed by atoms with E-state index in [1.165, 1.54) is 11.1 Å². The molecule has 3 rings (SSSR count). The number of amides is 1. The predicted molar refractivity (Wildman–Crippen MR) is 80.9 cm³/mol. The van der Waals surface area contributed by atoms with Crippen LogP contribution >= 0.6 is 0 Å². The minimum Gasteiger partial charge on any atom is -0.324 e. The number of likely N-dealkylation sites (N-methyl/N-ethyl adjacent to an activating group) is 1. The van der Waals surface area contributed by atoms with Crippen molar-refractivity contribution in [3.63, 3.8) is 0 Å². The van der Waals surface area contributed by atoms with E-state index in [9.17, 15) is 4.79 Å². The first-order valence-corrected chi connectivity index (χ1v) is 7.23. The smallest absolute Gasteiger partial charge is 0.245 e. The summed E-state index contributed by atoms with van der Waals surface area (Å²) in [6.07, 6.45) is 6.04. The Kier molecular flexibility index (Phi) is 3.85. The van der Waals surface area contributed by atoms with Crippen LogP contribution < -0.4 is 10.6 Å². The van der Waals surface area contributed by atoms with Crippen molar-refractivity contribution in [2.45, 2.75) is 18.9 Å². The van der Waals surface area contributed by atoms with E-state index >= 15 is 0 Å². The van der Waals surface area contributed by atoms with E-state index < -0.39 is 0 Å². The molecule has 0 saturated carbocycles. The lowest BCUT2D eigenvalue weighted by Gasteiger charge is -2.12. The van der Waals surface area contributed by atoms with Crippen LogP contribution in [0.3, 0.4) is 0 Å². The molecular formula is C16H21N3O. The van der Waals surface area contributed by atoms with Gasteiger partial charge in [0.1, 0.15) is 6.04 Å². The number of benzene rings is 1. The topological polar surface area (TPSA) is 44.4 Å². The van der Waals surface area contributed by atoms with E-state index in [1.807, 2.05) is 18.2 Å². The van der Waals surface area contributed by atoms with E-state index in [1.54, 1.807) is 0 Å². The van der Waals surface area contributed by atoms with Gasteiger partial charge < -0.3 is 10.2 Å². The SMILES string of the molecule is CN1CCc2ccc(NC(=O)C3C=CCN3)cc2CC1. The Labute approximate surface area is 119 Å². The van der Waals surface area contributed by atoms with Gasteiger partial charge in [-0.15, -0.1) is 0 Å². The molecule has 0 bridgehead atoms. The number of carbonyl (C=O) groups is 1. The minimum atomic E-state index is -0.194. The van der Waals surface area contributed by atoms with E-state index in [0.717, 1.165) is 38.2 Å². The molecule has 2 N–H and O–H groups in total. The molecule has 0 saturated heterocycles. The van der Waals surface area contributed by atoms with Crippen molar-refractivity contribution in [3.8, 4) is 0 Å². The van der Waals surface area contributed by atoms with Crippen molar-refractivity contribution in [2.24, 2.45) is 0 Å². The minimum absolute atomic E-state index is 0.0180. The average Bonchev–Trinajstić information content (AvgIpc) is 2.92. The maximum absolute atomic E-state index is 12.1. The van der Waals surface area contributed by atoms with Crippen molar-refractivity contribution in [2.75, 3.05) is 32.0 Å². The summed E-state index contributed by atoms with van der Waals surface area (Å²) >= 11 is 0. The number of hydrogen-bond acceptors (Lipinski definition) is 3. The van der Waals surface area contributed by atoms with Gasteiger partial charge in [0.05, 0.1) is 0 Å². The summed E-state index contributed by atoms with van der Waals surface area (Å²) in [6.45, 7) is 2.96. The second kappa shape index (κ2) is 5.77. The van der Waals surface area contributed by atoms with Gasteiger partial charge in [0.25, 0.3) is 0 Å². The van der Waals surface area contributed by atoms with Gasteiger partial charge in [-0.1, -0.05) is 18.2 Å². The quantitative estimate of drug-likeness (QED) is 0.794. The molecule has 1 unspecified atom stereocenters. The third-order valence-corrected chi connectivity index (χ3v) is 4.07. The molecule has 4 heteroatoms. The van der Waals surface area contributed by atoms with Crippen LogP contribution in [0.15, 0.2) is 30.4 Å². The van der Waals surface area contributed by atoms with Gasteiger partial charge in [-0.3, -0.25) is 10.1 Å². The number of rotatable bonds is 2. The summed E-state index contributed by atoms with van der Waals surface area (Å²) in [7, 11) is 2.16. The molecule has 20 heavy (non-hydrogen) atoms. The van der Waals surface area contributed by atoms with Gasteiger partial charge in [-0.2, -0.15) is 0 Å². The molecule has 0 fully saturated rings. The van der Waals surface area contributed by atoms with Crippen molar-refractivity contribution in [3.05, 3.63) is 41.5 Å². The summed E-state index contributed by atoms with van der Waals surface area (Å²) in [4.78, 5) is 14.4. The third kappa shape index (κ3) is 2.92. The summed E-state index contributed by atoms with van der Waals surface area (Å²) < 4.78 is 0. The molecule has 1 amide bonds. The molecule has 2 aliphatic rings. The molecule has 0 aromatic heterocycles. The fraction of sp³-hybridized carbons (Fsp3) is 0.438. The molecule has 1 atom stereocenters. The van der Waals surface area contributed by atoms with Crippen LogP contribution in [-0.2, 0) is 17.6 Å². The number of anilines is 1. The monoisotopic (exact) mass is 271 g/mol. The number of hydrogen-bond donors (Lipinski definition) is 2. The molecule has 4 nitrogen and oxygen atoms in total. The number of fused-ring (bicyclic) bond motifs is 1. The number of nitrogens with one attached hydrogen (secondary N) is 2. The molecule has 0 aliphatic carbocycles. The molecular weight excluding hydrogens is 250 g/mol. The third-order valence-electron chi connectivity index (χ3n) is 4.07. The van der Waals surface area contributed by atoms with E-state index in [2.05, 4.69) is 34.7 Å². The van der Waals surface area contributed by atoms with Crippen molar-refractivity contribution in [1.82, 2.24) is 10.2 Å². The van der Waals surface area contributed by atoms with E-state index in [0.29, 0.717) is 0 Å². The largest absolute Gasteiger partial charge is 0.324 e. The molecule has 0 radical (unpaired) electrons. The summed E-state index contributed by atoms with van der Waals surface area (Å²) in [5, 5.41) is 6.12. The molecule has 0 spiro atoms. The fourth-order valence-corrected chi connectivity index (χ4v) is 2.78. The second-order valence-electron chi connectivity index (χ2n) is 5.59. The standard InChI is InChI=1S/C16H21N3O/c1-19-9-6-12-4-5-14(11-13(12)7-10-19)18-16(20)15-3-2-8-17-15/h2-5,11,15,17H,6-10H2,1H3,(H,18,20). The summed E-state index contributed by atoms with van der Waals surface area (Å²) in [5.74, 6) is 0.0180. The molecule has 106 valence electrons. The fourth-order valence-electron chi connectivity index (χ4n) is 2.78. The van der Waals surface area contributed by atoms with Gasteiger partial charge in [0.15, 0.2) is 0 Å². The molecule has 1 aromatic rings. The maximum atomic E-state index is 12.1. The summed E-state index contributed by atoms with van der Waals surface area (Å²) in [6, 6.07) is 6.10. The van der Waals surface area contributed by atoms with Gasteiger partial charge in [-0.05, 0) is 43.1 Å². The van der Waals surface area contributed by atoms with Gasteiger partial charge >= 0.3 is 0 Å². The highest BCUT2D eigenvalue weighted by atomic mass is 16.2. The van der Waals surface area contributed by atoms with Crippen LogP contribution in [0.1, 0.15) is 11.1 Å². The number of carbonyl (C=O) groups excluding carboxylic acids is 1. The molecule has 2 aliphatic heterocycles. The first-order valence-electron chi connectivity index (χ1n) is 7.23. The Morgan fingerprint density at radius 2 is 2.10 bits per heavy atom. The van der Waals surface area contributed by atoms with E-state index in [4.69, 9.17) is 0 Å². The van der Waals surface area contributed by atoms with Crippen molar-refractivity contribution >= 4 is 11.6 Å². The zero-order valence-corrected chi connectivity index (χ0v) is 11.9. The maximum Gasteiger partial charge on any atom is 0.245 e. The lowest BCUT2D eigenvalue weighted by Crippen LogP contribution is -2.35. The highest BCUT2D eigenvalue weighted by Crippen LogP contribution is 2.20. The average molecular weight is 271 g/mol. The van der Waals surface area contributed by atoms with Crippen LogP contribution in [0.2, 0.25) is 0 Å². The normalized spacial score (nSPS) is 22.4. The van der Waals surface area contributed by atoms with Gasteiger partial charge in [-0.25, -0.2) is 0 Å². The Hall–Kier alpha value is -1.65. The van der Waals surface area contributed by atoms with E-state index in [-0.39, 0.29) is 11.9 Å².